The van der Waals surface area contributed by atoms with E-state index in [0.29, 0.717) is 12.0 Å². The first kappa shape index (κ1) is 16.0. The van der Waals surface area contributed by atoms with E-state index in [4.69, 9.17) is 4.74 Å². The Hall–Kier alpha value is -1.33. The van der Waals surface area contributed by atoms with Gasteiger partial charge in [0.2, 0.25) is 0 Å². The highest BCUT2D eigenvalue weighted by Crippen LogP contribution is 2.29. The lowest BCUT2D eigenvalue weighted by Gasteiger charge is -2.24. The molecule has 1 amide bonds. The van der Waals surface area contributed by atoms with Crippen LogP contribution in [0.1, 0.15) is 32.3 Å². The van der Waals surface area contributed by atoms with Gasteiger partial charge < -0.3 is 15.2 Å². The molecule has 21 heavy (non-hydrogen) atoms. The number of nitrogens with one attached hydrogen (secondary N) is 1. The fourth-order valence-corrected chi connectivity index (χ4v) is 2.67. The molecule has 114 valence electrons. The average Bonchev–Trinajstić information content (AvgIpc) is 2.44. The lowest BCUT2D eigenvalue weighted by atomic mass is 10.0. The van der Waals surface area contributed by atoms with Crippen LogP contribution in [0.5, 0.6) is 5.75 Å². The van der Waals surface area contributed by atoms with E-state index in [9.17, 15) is 9.90 Å². The molecule has 1 aliphatic rings. The number of aliphatic hydroxyl groups is 1. The van der Waals surface area contributed by atoms with Crippen LogP contribution in [0.4, 0.5) is 0 Å². The highest BCUT2D eigenvalue weighted by Gasteiger charge is 2.22. The summed E-state index contributed by atoms with van der Waals surface area (Å²) in [7, 11) is 0. The fraction of sp³-hybridized carbons (Fsp3) is 0.438. The molecule has 0 radical (unpaired) electrons. The van der Waals surface area contributed by atoms with Gasteiger partial charge in [0.1, 0.15) is 12.4 Å². The van der Waals surface area contributed by atoms with Crippen molar-refractivity contribution in [3.8, 4) is 5.75 Å². The molecule has 1 atom stereocenters. The monoisotopic (exact) mass is 353 g/mol. The summed E-state index contributed by atoms with van der Waals surface area (Å²) in [6.45, 7) is 4.22. The van der Waals surface area contributed by atoms with Gasteiger partial charge in [-0.25, -0.2) is 0 Å². The first-order valence-electron chi connectivity index (χ1n) is 7.05. The fourth-order valence-electron chi connectivity index (χ4n) is 2.29. The van der Waals surface area contributed by atoms with Crippen LogP contribution in [-0.2, 0) is 4.79 Å². The zero-order valence-corrected chi connectivity index (χ0v) is 13.9. The van der Waals surface area contributed by atoms with Crippen LogP contribution in [0, 0.1) is 0 Å². The third kappa shape index (κ3) is 4.32. The number of hydrogen-bond acceptors (Lipinski definition) is 3. The van der Waals surface area contributed by atoms with Gasteiger partial charge in [-0.3, -0.25) is 4.79 Å². The number of amides is 1. The van der Waals surface area contributed by atoms with Crippen LogP contribution in [0.2, 0.25) is 0 Å². The highest BCUT2D eigenvalue weighted by molar-refractivity contribution is 9.10. The second kappa shape index (κ2) is 6.62. The van der Waals surface area contributed by atoms with E-state index in [1.807, 2.05) is 31.2 Å². The molecule has 1 aromatic rings. The Morgan fingerprint density at radius 1 is 1.52 bits per heavy atom. The predicted octanol–water partition coefficient (Wildman–Crippen LogP) is 2.89. The lowest BCUT2D eigenvalue weighted by Crippen LogP contribution is -2.41. The van der Waals surface area contributed by atoms with Crippen LogP contribution in [0.15, 0.2) is 28.2 Å². The number of fused-ring (bicyclic) bond motifs is 1. The van der Waals surface area contributed by atoms with Gasteiger partial charge in [-0.05, 0) is 37.6 Å². The Bertz CT molecular complexity index is 567. The molecule has 2 rings (SSSR count). The molecule has 0 spiro atoms. The summed E-state index contributed by atoms with van der Waals surface area (Å²) in [5.41, 5.74) is 0.565. The van der Waals surface area contributed by atoms with E-state index < -0.39 is 5.60 Å². The van der Waals surface area contributed by atoms with Crippen LogP contribution in [0.25, 0.3) is 6.08 Å². The summed E-state index contributed by atoms with van der Waals surface area (Å²) in [5.74, 6) is 0.574. The highest BCUT2D eigenvalue weighted by atomic mass is 79.9. The molecule has 1 unspecified atom stereocenters. The minimum atomic E-state index is -0.874. The number of halogens is 1. The summed E-state index contributed by atoms with van der Waals surface area (Å²) in [6.07, 6.45) is 3.35. The lowest BCUT2D eigenvalue weighted by molar-refractivity contribution is -0.119. The summed E-state index contributed by atoms with van der Waals surface area (Å²) in [6, 6.07) is 5.69. The quantitative estimate of drug-likeness (QED) is 0.855. The van der Waals surface area contributed by atoms with E-state index in [1.54, 1.807) is 6.92 Å². The Kier molecular flexibility index (Phi) is 5.06. The zero-order valence-electron chi connectivity index (χ0n) is 12.3. The summed E-state index contributed by atoms with van der Waals surface area (Å²) >= 11 is 3.40. The van der Waals surface area contributed by atoms with Gasteiger partial charge in [0.15, 0.2) is 0 Å². The normalized spacial score (nSPS) is 16.3. The van der Waals surface area contributed by atoms with E-state index >= 15 is 0 Å². The van der Waals surface area contributed by atoms with Gasteiger partial charge in [-0.1, -0.05) is 29.3 Å². The second-order valence-electron chi connectivity index (χ2n) is 5.57. The maximum atomic E-state index is 12.2. The topological polar surface area (TPSA) is 58.6 Å². The van der Waals surface area contributed by atoms with E-state index in [-0.39, 0.29) is 19.1 Å². The Balaban J connectivity index is 2.04. The van der Waals surface area contributed by atoms with Crippen LogP contribution >= 0.6 is 15.9 Å². The largest absolute Gasteiger partial charge is 0.488 e. The number of ether oxygens (including phenoxy) is 1. The molecule has 0 fully saturated rings. The zero-order chi connectivity index (χ0) is 15.5. The molecule has 0 saturated carbocycles. The number of carbonyl (C=O) groups excluding carboxylic acids is 1. The van der Waals surface area contributed by atoms with E-state index in [2.05, 4.69) is 21.2 Å². The summed E-state index contributed by atoms with van der Waals surface area (Å²) in [5, 5.41) is 12.9. The van der Waals surface area contributed by atoms with Gasteiger partial charge in [0.25, 0.3) is 5.91 Å². The van der Waals surface area contributed by atoms with E-state index in [0.717, 1.165) is 22.2 Å². The molecule has 1 aromatic carbocycles. The average molecular weight is 354 g/mol. The smallest absolute Gasteiger partial charge is 0.250 e. The third-order valence-corrected chi connectivity index (χ3v) is 3.89. The minimum absolute atomic E-state index is 0.197. The number of carbonyl (C=O) groups is 1. The second-order valence-corrected chi connectivity index (χ2v) is 6.49. The minimum Gasteiger partial charge on any atom is -0.488 e. The maximum absolute atomic E-state index is 12.2. The summed E-state index contributed by atoms with van der Waals surface area (Å²) < 4.78 is 6.52. The molecular weight excluding hydrogens is 334 g/mol. The van der Waals surface area contributed by atoms with Crippen LogP contribution < -0.4 is 10.1 Å². The first-order valence-corrected chi connectivity index (χ1v) is 7.84. The SMILES string of the molecule is CCCC(C)(O)CNC(=O)C1=Cc2cc(Br)ccc2OC1. The molecule has 2 N–H and O–H groups in total. The van der Waals surface area contributed by atoms with Gasteiger partial charge in [0, 0.05) is 16.6 Å². The standard InChI is InChI=1S/C16H20BrNO3/c1-3-6-16(2,20)10-18-15(19)12-7-11-8-13(17)4-5-14(11)21-9-12/h4-5,7-8,20H,3,6,9-10H2,1-2H3,(H,18,19). The summed E-state index contributed by atoms with van der Waals surface area (Å²) in [4.78, 5) is 12.2. The van der Waals surface area contributed by atoms with Gasteiger partial charge >= 0.3 is 0 Å². The van der Waals surface area contributed by atoms with Gasteiger partial charge in [-0.2, -0.15) is 0 Å². The molecule has 0 aliphatic carbocycles. The molecule has 4 nitrogen and oxygen atoms in total. The van der Waals surface area contributed by atoms with Crippen molar-refractivity contribution >= 4 is 27.9 Å². The predicted molar refractivity (Wildman–Crippen MR) is 86.2 cm³/mol. The molecule has 1 aliphatic heterocycles. The van der Waals surface area contributed by atoms with E-state index in [1.165, 1.54) is 0 Å². The number of rotatable bonds is 5. The van der Waals surface area contributed by atoms with Crippen molar-refractivity contribution in [3.63, 3.8) is 0 Å². The maximum Gasteiger partial charge on any atom is 0.250 e. The van der Waals surface area contributed by atoms with Crippen LogP contribution in [0.3, 0.4) is 0 Å². The van der Waals surface area contributed by atoms with Crippen molar-refractivity contribution in [1.82, 2.24) is 5.32 Å². The molecule has 0 bridgehead atoms. The van der Waals surface area contributed by atoms with Crippen molar-refractivity contribution in [2.75, 3.05) is 13.2 Å². The Labute approximate surface area is 133 Å². The van der Waals surface area contributed by atoms with Crippen molar-refractivity contribution in [2.45, 2.75) is 32.3 Å². The van der Waals surface area contributed by atoms with Crippen molar-refractivity contribution in [3.05, 3.63) is 33.8 Å². The van der Waals surface area contributed by atoms with Gasteiger partial charge in [0.05, 0.1) is 11.2 Å². The molecular formula is C16H20BrNO3. The number of benzene rings is 1. The third-order valence-electron chi connectivity index (χ3n) is 3.39. The molecule has 0 saturated heterocycles. The van der Waals surface area contributed by atoms with Crippen molar-refractivity contribution in [1.29, 1.82) is 0 Å². The first-order chi connectivity index (χ1) is 9.91. The van der Waals surface area contributed by atoms with Crippen molar-refractivity contribution in [2.24, 2.45) is 0 Å². The van der Waals surface area contributed by atoms with Crippen molar-refractivity contribution < 1.29 is 14.6 Å². The molecule has 1 heterocycles. The van der Waals surface area contributed by atoms with Crippen LogP contribution in [-0.4, -0.2) is 29.8 Å². The Morgan fingerprint density at radius 2 is 2.29 bits per heavy atom. The number of hydrogen-bond donors (Lipinski definition) is 2. The Morgan fingerprint density at radius 3 is 3.00 bits per heavy atom. The van der Waals surface area contributed by atoms with Gasteiger partial charge in [-0.15, -0.1) is 0 Å². The molecule has 0 aromatic heterocycles. The molecule has 5 heteroatoms.